The Kier molecular flexibility index (Phi) is 7.61. The number of hydrogen-bond donors (Lipinski definition) is 2. The molecule has 0 saturated heterocycles. The Morgan fingerprint density at radius 3 is 2.59 bits per heavy atom. The second-order valence-electron chi connectivity index (χ2n) is 7.00. The number of fused-ring (bicyclic) bond motifs is 2. The van der Waals surface area contributed by atoms with Gasteiger partial charge in [-0.1, -0.05) is 36.9 Å². The molecule has 0 unspecified atom stereocenters. The lowest BCUT2D eigenvalue weighted by Gasteiger charge is -2.12. The van der Waals surface area contributed by atoms with Gasteiger partial charge in [0.05, 0.1) is 25.5 Å². The number of hydrogen-bond acceptors (Lipinski definition) is 7. The molecular formula is C23H25ClN2O4S2. The fraction of sp³-hybridized carbons (Fsp3) is 0.261. The third-order valence-corrected chi connectivity index (χ3v) is 7.37. The van der Waals surface area contributed by atoms with E-state index in [-0.39, 0.29) is 12.4 Å². The summed E-state index contributed by atoms with van der Waals surface area (Å²) in [4.78, 5) is 0.962. The van der Waals surface area contributed by atoms with E-state index in [1.807, 2.05) is 49.4 Å². The molecule has 2 heterocycles. The summed E-state index contributed by atoms with van der Waals surface area (Å²) in [6.07, 6.45) is 5.41. The standard InChI is InChI=1S/C23H25N2O4S2.ClH/c1-5-14(11-21-24(26)17-13-15(28-3)7-9-19(17)30-21)12-22-25(27)23-16(6-2)18(29-4)8-10-20(23)31-22;/h7-13,26-27H,5-6H2,1-4H3;1H/q+1;/p-1. The summed E-state index contributed by atoms with van der Waals surface area (Å²) in [5.41, 5.74) is 3.44. The maximum atomic E-state index is 10.9. The molecule has 0 atom stereocenters. The molecule has 2 N–H and O–H groups in total. The highest BCUT2D eigenvalue weighted by Crippen LogP contribution is 2.46. The van der Waals surface area contributed by atoms with Crippen LogP contribution in [-0.4, -0.2) is 24.6 Å². The van der Waals surface area contributed by atoms with Crippen LogP contribution in [0.4, 0.5) is 5.69 Å². The van der Waals surface area contributed by atoms with Gasteiger partial charge in [0.2, 0.25) is 0 Å². The van der Waals surface area contributed by atoms with Crippen molar-refractivity contribution < 1.29 is 37.0 Å². The summed E-state index contributed by atoms with van der Waals surface area (Å²) in [7, 11) is 3.25. The van der Waals surface area contributed by atoms with Gasteiger partial charge in [-0.15, -0.1) is 0 Å². The van der Waals surface area contributed by atoms with Gasteiger partial charge < -0.3 is 21.9 Å². The molecule has 9 heteroatoms. The normalized spacial score (nSPS) is 14.6. The summed E-state index contributed by atoms with van der Waals surface area (Å²) in [6, 6.07) is 9.54. The van der Waals surface area contributed by atoms with Crippen molar-refractivity contribution in [2.45, 2.75) is 31.6 Å². The Hall–Kier alpha value is -2.39. The molecular weight excluding hydrogens is 468 g/mol. The van der Waals surface area contributed by atoms with E-state index in [4.69, 9.17) is 9.47 Å². The second-order valence-corrected chi connectivity index (χ2v) is 9.13. The molecule has 170 valence electrons. The minimum absolute atomic E-state index is 0. The number of nitrogens with zero attached hydrogens (tertiary/aromatic N) is 2. The Balaban J connectivity index is 0.00000289. The van der Waals surface area contributed by atoms with Crippen molar-refractivity contribution in [1.29, 1.82) is 0 Å². The summed E-state index contributed by atoms with van der Waals surface area (Å²) >= 11 is 3.02. The molecule has 0 aliphatic carbocycles. The number of ether oxygens (including phenoxy) is 2. The van der Waals surface area contributed by atoms with Gasteiger partial charge >= 0.3 is 5.01 Å². The maximum absolute atomic E-state index is 10.9. The number of aryl methyl sites for hydroxylation is 1. The van der Waals surface area contributed by atoms with Gasteiger partial charge in [-0.2, -0.15) is 0 Å². The second kappa shape index (κ2) is 10.0. The van der Waals surface area contributed by atoms with Crippen LogP contribution in [0.15, 0.2) is 51.9 Å². The van der Waals surface area contributed by atoms with Crippen LogP contribution in [0.1, 0.15) is 30.8 Å². The van der Waals surface area contributed by atoms with Gasteiger partial charge in [0.1, 0.15) is 21.2 Å². The average molecular weight is 493 g/mol. The summed E-state index contributed by atoms with van der Waals surface area (Å²) in [5, 5.41) is 24.2. The minimum atomic E-state index is 0. The highest BCUT2D eigenvalue weighted by Gasteiger charge is 2.27. The first-order valence-electron chi connectivity index (χ1n) is 10.0. The number of allylic oxidation sites excluding steroid dienone is 2. The van der Waals surface area contributed by atoms with E-state index in [2.05, 4.69) is 6.92 Å². The fourth-order valence-electron chi connectivity index (χ4n) is 3.60. The first kappa shape index (κ1) is 24.3. The quantitative estimate of drug-likeness (QED) is 0.407. The van der Waals surface area contributed by atoms with E-state index in [1.165, 1.54) is 32.9 Å². The highest BCUT2D eigenvalue weighted by molar-refractivity contribution is 8.03. The van der Waals surface area contributed by atoms with Crippen molar-refractivity contribution in [1.82, 2.24) is 0 Å². The number of rotatable bonds is 6. The molecule has 32 heavy (non-hydrogen) atoms. The SMILES string of the molecule is CCC(=Cc1sc2ccc(OC)c(CC)c2[n+]1O)C=C1Sc2ccc(OC)cc2N1O.[Cl-]. The lowest BCUT2D eigenvalue weighted by atomic mass is 10.1. The van der Waals surface area contributed by atoms with Crippen LogP contribution < -0.4 is 31.7 Å². The number of anilines is 1. The molecule has 1 aliphatic heterocycles. The number of thioether (sulfide) groups is 1. The zero-order valence-corrected chi connectivity index (χ0v) is 20.6. The Morgan fingerprint density at radius 2 is 1.94 bits per heavy atom. The van der Waals surface area contributed by atoms with E-state index in [0.717, 1.165) is 49.8 Å². The zero-order chi connectivity index (χ0) is 22.1. The molecule has 1 aliphatic rings. The zero-order valence-electron chi connectivity index (χ0n) is 18.3. The van der Waals surface area contributed by atoms with Crippen LogP contribution in [0.25, 0.3) is 16.3 Å². The maximum Gasteiger partial charge on any atom is 0.313 e. The van der Waals surface area contributed by atoms with Gasteiger partial charge in [0, 0.05) is 21.8 Å². The molecule has 4 rings (SSSR count). The predicted molar refractivity (Wildman–Crippen MR) is 125 cm³/mol. The number of thiazole rings is 1. The molecule has 0 amide bonds. The predicted octanol–water partition coefficient (Wildman–Crippen LogP) is 2.65. The summed E-state index contributed by atoms with van der Waals surface area (Å²) in [6.45, 7) is 4.10. The van der Waals surface area contributed by atoms with Gasteiger partial charge in [-0.05, 0) is 48.8 Å². The number of methoxy groups -OCH3 is 2. The van der Waals surface area contributed by atoms with Crippen LogP contribution in [0.3, 0.4) is 0 Å². The first-order chi connectivity index (χ1) is 15.0. The van der Waals surface area contributed by atoms with E-state index in [1.54, 1.807) is 14.2 Å². The molecule has 0 spiro atoms. The van der Waals surface area contributed by atoms with Crippen molar-refractivity contribution >= 4 is 45.1 Å². The van der Waals surface area contributed by atoms with Crippen LogP contribution in [-0.2, 0) is 6.42 Å². The van der Waals surface area contributed by atoms with E-state index >= 15 is 0 Å². The van der Waals surface area contributed by atoms with Crippen LogP contribution in [0.2, 0.25) is 0 Å². The topological polar surface area (TPSA) is 66.0 Å². The summed E-state index contributed by atoms with van der Waals surface area (Å²) < 4.78 is 13.0. The van der Waals surface area contributed by atoms with Crippen molar-refractivity contribution in [2.24, 2.45) is 0 Å². The average Bonchev–Trinajstić information content (AvgIpc) is 3.28. The van der Waals surface area contributed by atoms with Crippen molar-refractivity contribution in [3.63, 3.8) is 0 Å². The molecule has 6 nitrogen and oxygen atoms in total. The molecule has 0 fully saturated rings. The highest BCUT2D eigenvalue weighted by atomic mass is 35.5. The number of benzene rings is 2. The lowest BCUT2D eigenvalue weighted by Crippen LogP contribution is -3.00. The molecule has 2 aromatic carbocycles. The van der Waals surface area contributed by atoms with Gasteiger partial charge in [0.15, 0.2) is 0 Å². The Labute approximate surface area is 201 Å². The van der Waals surface area contributed by atoms with E-state index in [0.29, 0.717) is 16.5 Å². The van der Waals surface area contributed by atoms with Gasteiger partial charge in [-0.25, -0.2) is 5.06 Å². The third-order valence-electron chi connectivity index (χ3n) is 5.25. The van der Waals surface area contributed by atoms with Crippen LogP contribution in [0.5, 0.6) is 11.5 Å². The summed E-state index contributed by atoms with van der Waals surface area (Å²) in [5.74, 6) is 1.47. The van der Waals surface area contributed by atoms with Crippen molar-refractivity contribution in [3.8, 4) is 11.5 Å². The lowest BCUT2D eigenvalue weighted by molar-refractivity contribution is -0.882. The van der Waals surface area contributed by atoms with Crippen molar-refractivity contribution in [3.05, 3.63) is 57.6 Å². The molecule has 3 aromatic rings. The van der Waals surface area contributed by atoms with Crippen molar-refractivity contribution in [2.75, 3.05) is 19.3 Å². The Morgan fingerprint density at radius 1 is 1.16 bits per heavy atom. The first-order valence-corrected chi connectivity index (χ1v) is 11.6. The van der Waals surface area contributed by atoms with Crippen LogP contribution in [0, 0.1) is 0 Å². The third kappa shape index (κ3) is 4.28. The largest absolute Gasteiger partial charge is 1.00 e. The monoisotopic (exact) mass is 492 g/mol. The molecule has 0 radical (unpaired) electrons. The fourth-order valence-corrected chi connectivity index (χ4v) is 5.67. The molecule has 1 aromatic heterocycles. The Bertz CT molecular complexity index is 1210. The number of hydroxylamine groups is 1. The van der Waals surface area contributed by atoms with Gasteiger partial charge in [0.25, 0.3) is 5.52 Å². The smallest absolute Gasteiger partial charge is 0.313 e. The van der Waals surface area contributed by atoms with E-state index < -0.39 is 0 Å². The number of halogens is 1. The van der Waals surface area contributed by atoms with E-state index in [9.17, 15) is 10.4 Å². The molecule has 0 saturated carbocycles. The molecule has 0 bridgehead atoms. The number of aromatic nitrogens is 1. The van der Waals surface area contributed by atoms with Gasteiger partial charge in [-0.3, -0.25) is 10.4 Å². The van der Waals surface area contributed by atoms with Crippen LogP contribution >= 0.6 is 23.1 Å². The minimum Gasteiger partial charge on any atom is -1.00 e.